The van der Waals surface area contributed by atoms with E-state index >= 15 is 0 Å². The first kappa shape index (κ1) is 15.2. The zero-order chi connectivity index (χ0) is 14.6. The fourth-order valence-corrected chi connectivity index (χ4v) is 3.03. The number of rotatable bonds is 5. The van der Waals surface area contributed by atoms with Crippen molar-refractivity contribution in [3.8, 4) is 5.75 Å². The molecule has 110 valence electrons. The lowest BCUT2D eigenvalue weighted by Gasteiger charge is -2.13. The number of para-hydroxylation sites is 1. The van der Waals surface area contributed by atoms with E-state index in [-0.39, 0.29) is 29.6 Å². The zero-order valence-electron chi connectivity index (χ0n) is 11.0. The molecule has 2 rings (SSSR count). The summed E-state index contributed by atoms with van der Waals surface area (Å²) in [6.07, 6.45) is 4.23. The minimum absolute atomic E-state index is 0.0892. The molecule has 0 atom stereocenters. The highest BCUT2D eigenvalue weighted by Gasteiger charge is 2.37. The van der Waals surface area contributed by atoms with Gasteiger partial charge in [0.25, 0.3) is 5.91 Å². The minimum atomic E-state index is -4.15. The van der Waals surface area contributed by atoms with Crippen LogP contribution < -0.4 is 15.4 Å². The maximum atomic E-state index is 11.7. The van der Waals surface area contributed by atoms with Gasteiger partial charge in [-0.25, -0.2) is 0 Å². The van der Waals surface area contributed by atoms with Gasteiger partial charge in [0.2, 0.25) is 5.30 Å². The van der Waals surface area contributed by atoms with Gasteiger partial charge in [0.05, 0.1) is 0 Å². The minimum Gasteiger partial charge on any atom is -0.479 e. The molecule has 0 heterocycles. The third-order valence-corrected chi connectivity index (χ3v) is 4.28. The van der Waals surface area contributed by atoms with Crippen LogP contribution in [0.25, 0.3) is 0 Å². The maximum Gasteiger partial charge on any atom is 0.444 e. The Kier molecular flexibility index (Phi) is 4.94. The van der Waals surface area contributed by atoms with Crippen LogP contribution in [0.1, 0.15) is 25.7 Å². The van der Waals surface area contributed by atoms with Crippen molar-refractivity contribution in [2.45, 2.75) is 31.7 Å². The quantitative estimate of drug-likeness (QED) is 0.593. The Balaban J connectivity index is 1.92. The fourth-order valence-electron chi connectivity index (χ4n) is 2.31. The first-order valence-electron chi connectivity index (χ1n) is 6.56. The molecule has 0 saturated heterocycles. The lowest BCUT2D eigenvalue weighted by Crippen LogP contribution is -2.36. The molecule has 1 fully saturated rings. The van der Waals surface area contributed by atoms with Gasteiger partial charge >= 0.3 is 7.94 Å². The molecule has 1 aliphatic rings. The van der Waals surface area contributed by atoms with Gasteiger partial charge in [-0.2, -0.15) is 14.7 Å². The summed E-state index contributed by atoms with van der Waals surface area (Å²) in [6, 6.07) is 6.23. The van der Waals surface area contributed by atoms with Crippen molar-refractivity contribution in [1.29, 1.82) is 0 Å². The van der Waals surface area contributed by atoms with Crippen molar-refractivity contribution >= 4 is 19.2 Å². The highest BCUT2D eigenvalue weighted by molar-refractivity contribution is 7.67. The highest BCUT2D eigenvalue weighted by Crippen LogP contribution is 2.45. The second-order valence-electron chi connectivity index (χ2n) is 4.87. The van der Waals surface area contributed by atoms with Crippen LogP contribution in [0.3, 0.4) is 0 Å². The molecule has 1 aromatic carbocycles. The molecule has 0 aliphatic heterocycles. The molecule has 0 unspecified atom stereocenters. The van der Waals surface area contributed by atoms with Gasteiger partial charge < -0.3 is 10.1 Å². The van der Waals surface area contributed by atoms with Crippen molar-refractivity contribution < 1.29 is 24.2 Å². The molecular weight excluding hydrogens is 281 g/mol. The lowest BCUT2D eigenvalue weighted by atomic mass is 10.2. The number of benzene rings is 1. The molecule has 1 aromatic rings. The van der Waals surface area contributed by atoms with Crippen LogP contribution in [0.4, 0.5) is 0 Å². The Labute approximate surface area is 118 Å². The third kappa shape index (κ3) is 4.15. The van der Waals surface area contributed by atoms with Crippen LogP contribution in [-0.4, -0.2) is 33.2 Å². The highest BCUT2D eigenvalue weighted by atomic mass is 31.2. The number of hydrogen-bond donors (Lipinski definition) is 4. The molecule has 1 aliphatic carbocycles. The summed E-state index contributed by atoms with van der Waals surface area (Å²) < 4.78 is 5.27. The van der Waals surface area contributed by atoms with Crippen LogP contribution in [0.5, 0.6) is 5.75 Å². The average molecular weight is 300 g/mol. The Morgan fingerprint density at radius 3 is 2.55 bits per heavy atom. The summed E-state index contributed by atoms with van der Waals surface area (Å²) in [6.45, 7) is -0.215. The van der Waals surface area contributed by atoms with Gasteiger partial charge in [-0.3, -0.25) is 4.79 Å². The number of ether oxygens (including phenoxy) is 1. The van der Waals surface area contributed by atoms with E-state index in [0.717, 1.165) is 25.7 Å². The number of carbonyl (C=O) groups is 1. The summed E-state index contributed by atoms with van der Waals surface area (Å²) >= 11 is 0. The predicted octanol–water partition coefficient (Wildman–Crippen LogP) is 0.489. The fraction of sp³-hybridized carbons (Fsp3) is 0.462. The van der Waals surface area contributed by atoms with E-state index in [1.165, 1.54) is 12.1 Å². The average Bonchev–Trinajstić information content (AvgIpc) is 2.88. The van der Waals surface area contributed by atoms with Crippen molar-refractivity contribution in [2.24, 2.45) is 0 Å². The van der Waals surface area contributed by atoms with Gasteiger partial charge in [0.15, 0.2) is 12.4 Å². The maximum absolute atomic E-state index is 11.7. The van der Waals surface area contributed by atoms with Gasteiger partial charge in [0, 0.05) is 6.04 Å². The second kappa shape index (κ2) is 6.50. The number of amides is 1. The van der Waals surface area contributed by atoms with Gasteiger partial charge in [0.1, 0.15) is 0 Å². The summed E-state index contributed by atoms with van der Waals surface area (Å²) in [5.74, 6) is -0.139. The Bertz CT molecular complexity index is 468. The first-order chi connectivity index (χ1) is 9.47. The molecule has 1 saturated carbocycles. The van der Waals surface area contributed by atoms with E-state index in [0.29, 0.717) is 0 Å². The SMILES string of the molecule is O=C(COc1ccccc1[P+](O)(O)O)NC1CCCC1. The van der Waals surface area contributed by atoms with Crippen LogP contribution in [-0.2, 0) is 4.79 Å². The van der Waals surface area contributed by atoms with E-state index in [4.69, 9.17) is 4.74 Å². The van der Waals surface area contributed by atoms with Gasteiger partial charge in [-0.15, -0.1) is 0 Å². The second-order valence-corrected chi connectivity index (χ2v) is 6.49. The molecule has 6 nitrogen and oxygen atoms in total. The summed E-state index contributed by atoms with van der Waals surface area (Å²) in [4.78, 5) is 39.6. The van der Waals surface area contributed by atoms with Crippen molar-refractivity contribution in [1.82, 2.24) is 5.32 Å². The number of hydrogen-bond acceptors (Lipinski definition) is 5. The topological polar surface area (TPSA) is 99.0 Å². The molecule has 0 bridgehead atoms. The van der Waals surface area contributed by atoms with Crippen molar-refractivity contribution in [3.05, 3.63) is 24.3 Å². The van der Waals surface area contributed by atoms with Gasteiger partial charge in [-0.05, 0) is 25.0 Å². The Hall–Kier alpha value is -1.20. The molecule has 20 heavy (non-hydrogen) atoms. The normalized spacial score (nSPS) is 16.1. The van der Waals surface area contributed by atoms with E-state index < -0.39 is 7.94 Å². The summed E-state index contributed by atoms with van der Waals surface area (Å²) in [5.41, 5.74) is 0. The van der Waals surface area contributed by atoms with Crippen molar-refractivity contribution in [2.75, 3.05) is 6.61 Å². The number of nitrogens with one attached hydrogen (secondary N) is 1. The van der Waals surface area contributed by atoms with Crippen LogP contribution in [0.15, 0.2) is 24.3 Å². The third-order valence-electron chi connectivity index (χ3n) is 3.27. The number of carbonyl (C=O) groups excluding carboxylic acids is 1. The smallest absolute Gasteiger partial charge is 0.444 e. The van der Waals surface area contributed by atoms with E-state index in [1.807, 2.05) is 0 Å². The van der Waals surface area contributed by atoms with Crippen LogP contribution >= 0.6 is 7.94 Å². The zero-order valence-corrected chi connectivity index (χ0v) is 11.9. The van der Waals surface area contributed by atoms with Gasteiger partial charge in [-0.1, -0.05) is 25.0 Å². The standard InChI is InChI=1S/C13H18NO5P/c15-13(14-10-5-1-2-6-10)9-19-11-7-3-4-8-12(11)20(16,17)18/h3-4,7-8,10,16-18H,1-2,5-6,9H2/p+1. The van der Waals surface area contributed by atoms with E-state index in [2.05, 4.69) is 5.32 Å². The molecule has 0 spiro atoms. The molecule has 0 aromatic heterocycles. The summed E-state index contributed by atoms with van der Waals surface area (Å²) in [5, 5.41) is 2.78. The monoisotopic (exact) mass is 300 g/mol. The largest absolute Gasteiger partial charge is 0.479 e. The molecule has 4 N–H and O–H groups in total. The molecule has 1 amide bonds. The Morgan fingerprint density at radius 1 is 1.25 bits per heavy atom. The first-order valence-corrected chi connectivity index (χ1v) is 8.20. The van der Waals surface area contributed by atoms with Crippen LogP contribution in [0, 0.1) is 0 Å². The summed E-state index contributed by atoms with van der Waals surface area (Å²) in [7, 11) is -4.15. The van der Waals surface area contributed by atoms with E-state index in [1.54, 1.807) is 12.1 Å². The Morgan fingerprint density at radius 2 is 1.90 bits per heavy atom. The van der Waals surface area contributed by atoms with Crippen molar-refractivity contribution in [3.63, 3.8) is 0 Å². The molecular formula is C13H19NO5P+. The van der Waals surface area contributed by atoms with Crippen LogP contribution in [0.2, 0.25) is 0 Å². The molecule has 7 heteroatoms. The van der Waals surface area contributed by atoms with E-state index in [9.17, 15) is 19.5 Å². The predicted molar refractivity (Wildman–Crippen MR) is 75.5 cm³/mol. The molecule has 0 radical (unpaired) electrons. The lowest BCUT2D eigenvalue weighted by molar-refractivity contribution is -0.123.